The van der Waals surface area contributed by atoms with Crippen LogP contribution in [0.2, 0.25) is 0 Å². The second-order valence-electron chi connectivity index (χ2n) is 5.89. The Bertz CT molecular complexity index is 625. The van der Waals surface area contributed by atoms with Gasteiger partial charge in [-0.2, -0.15) is 0 Å². The number of alkyl carbamates (subject to hydrolysis) is 1. The van der Waals surface area contributed by atoms with Crippen LogP contribution in [0.4, 0.5) is 13.6 Å². The monoisotopic (exact) mass is 343 g/mol. The minimum Gasteiger partial charge on any atom is -0.457 e. The fourth-order valence-corrected chi connectivity index (χ4v) is 1.55. The molecule has 132 valence electrons. The van der Waals surface area contributed by atoms with Crippen LogP contribution in [-0.4, -0.2) is 36.6 Å². The summed E-state index contributed by atoms with van der Waals surface area (Å²) in [5, 5.41) is 2.36. The molecule has 0 aliphatic heterocycles. The van der Waals surface area contributed by atoms with Gasteiger partial charge in [0.05, 0.1) is 6.42 Å². The van der Waals surface area contributed by atoms with E-state index in [0.29, 0.717) is 0 Å². The molecule has 24 heavy (non-hydrogen) atoms. The lowest BCUT2D eigenvalue weighted by atomic mass is 10.1. The van der Waals surface area contributed by atoms with Crippen LogP contribution < -0.4 is 5.32 Å². The maximum absolute atomic E-state index is 13.0. The van der Waals surface area contributed by atoms with Crippen molar-refractivity contribution in [2.24, 2.45) is 0 Å². The highest BCUT2D eigenvalue weighted by Gasteiger charge is 2.16. The van der Waals surface area contributed by atoms with Crippen LogP contribution in [0.5, 0.6) is 0 Å². The number of hydrogen-bond donors (Lipinski definition) is 1. The topological polar surface area (TPSA) is 81.7 Å². The minimum atomic E-state index is -1.16. The molecule has 0 radical (unpaired) electrons. The number of carbonyl (C=O) groups excluding carboxylic acids is 3. The van der Waals surface area contributed by atoms with Gasteiger partial charge in [0.1, 0.15) is 5.60 Å². The van der Waals surface area contributed by atoms with Gasteiger partial charge in [0, 0.05) is 12.1 Å². The number of hydrogen-bond acceptors (Lipinski definition) is 5. The summed E-state index contributed by atoms with van der Waals surface area (Å²) in [5.74, 6) is -3.62. The lowest BCUT2D eigenvalue weighted by molar-refractivity contribution is -0.142. The number of rotatable bonds is 6. The quantitative estimate of drug-likeness (QED) is 0.634. The molecule has 8 heteroatoms. The number of halogens is 2. The summed E-state index contributed by atoms with van der Waals surface area (Å²) in [6, 6.07) is 2.64. The molecule has 1 rings (SSSR count). The number of ether oxygens (including phenoxy) is 2. The Morgan fingerprint density at radius 2 is 1.79 bits per heavy atom. The highest BCUT2D eigenvalue weighted by Crippen LogP contribution is 2.09. The summed E-state index contributed by atoms with van der Waals surface area (Å²) in [7, 11) is 0. The highest BCUT2D eigenvalue weighted by molar-refractivity contribution is 5.97. The van der Waals surface area contributed by atoms with Crippen molar-refractivity contribution in [3.8, 4) is 0 Å². The molecular weight excluding hydrogens is 324 g/mol. The molecule has 0 unspecified atom stereocenters. The lowest BCUT2D eigenvalue weighted by Crippen LogP contribution is -2.33. The van der Waals surface area contributed by atoms with E-state index in [4.69, 9.17) is 9.47 Å². The van der Waals surface area contributed by atoms with Crippen molar-refractivity contribution >= 4 is 17.8 Å². The smallest absolute Gasteiger partial charge is 0.407 e. The van der Waals surface area contributed by atoms with Crippen LogP contribution in [0.3, 0.4) is 0 Å². The molecule has 0 aromatic heterocycles. The average Bonchev–Trinajstić information content (AvgIpc) is 2.45. The van der Waals surface area contributed by atoms with Gasteiger partial charge in [-0.05, 0) is 39.0 Å². The van der Waals surface area contributed by atoms with Crippen molar-refractivity contribution in [3.05, 3.63) is 35.4 Å². The maximum atomic E-state index is 13.0. The predicted octanol–water partition coefficient (Wildman–Crippen LogP) is 2.61. The molecule has 0 atom stereocenters. The molecule has 0 saturated carbocycles. The van der Waals surface area contributed by atoms with E-state index in [9.17, 15) is 23.2 Å². The van der Waals surface area contributed by atoms with Gasteiger partial charge in [0.2, 0.25) is 0 Å². The molecular formula is C16H19F2NO5. The third-order valence-corrected chi connectivity index (χ3v) is 2.60. The number of carbonyl (C=O) groups is 3. The average molecular weight is 343 g/mol. The minimum absolute atomic E-state index is 0.0207. The Morgan fingerprint density at radius 1 is 1.12 bits per heavy atom. The molecule has 0 spiro atoms. The van der Waals surface area contributed by atoms with Crippen LogP contribution in [-0.2, 0) is 14.3 Å². The van der Waals surface area contributed by atoms with Gasteiger partial charge in [-0.3, -0.25) is 9.59 Å². The van der Waals surface area contributed by atoms with E-state index in [1.807, 2.05) is 0 Å². The van der Waals surface area contributed by atoms with E-state index < -0.39 is 41.7 Å². The first-order valence-corrected chi connectivity index (χ1v) is 7.19. The van der Waals surface area contributed by atoms with Crippen LogP contribution in [0, 0.1) is 11.6 Å². The first-order valence-electron chi connectivity index (χ1n) is 7.19. The van der Waals surface area contributed by atoms with Crippen molar-refractivity contribution in [2.75, 3.05) is 13.2 Å². The molecule has 0 heterocycles. The van der Waals surface area contributed by atoms with Gasteiger partial charge in [-0.1, -0.05) is 0 Å². The largest absolute Gasteiger partial charge is 0.457 e. The van der Waals surface area contributed by atoms with Crippen molar-refractivity contribution in [1.29, 1.82) is 0 Å². The number of esters is 1. The van der Waals surface area contributed by atoms with E-state index in [1.54, 1.807) is 20.8 Å². The van der Waals surface area contributed by atoms with Crippen LogP contribution in [0.15, 0.2) is 18.2 Å². The molecule has 0 fully saturated rings. The summed E-state index contributed by atoms with van der Waals surface area (Å²) in [6.45, 7) is 4.48. The summed E-state index contributed by atoms with van der Waals surface area (Å²) >= 11 is 0. The third-order valence-electron chi connectivity index (χ3n) is 2.60. The van der Waals surface area contributed by atoms with Crippen molar-refractivity contribution < 1.29 is 32.6 Å². The lowest BCUT2D eigenvalue weighted by Gasteiger charge is -2.19. The van der Waals surface area contributed by atoms with E-state index in [0.717, 1.165) is 18.2 Å². The van der Waals surface area contributed by atoms with Gasteiger partial charge >= 0.3 is 12.1 Å². The standard InChI is InChI=1S/C16H19F2NO5/c1-16(2,3)24-15(22)19-7-6-14(21)23-9-13(20)10-4-5-11(17)12(18)8-10/h4-5,8H,6-7,9H2,1-3H3,(H,19,22). The second kappa shape index (κ2) is 8.37. The summed E-state index contributed by atoms with van der Waals surface area (Å²) in [4.78, 5) is 34.5. The van der Waals surface area contributed by atoms with E-state index in [1.165, 1.54) is 0 Å². The molecule has 0 bridgehead atoms. The van der Waals surface area contributed by atoms with Gasteiger partial charge in [0.25, 0.3) is 0 Å². The molecule has 1 aromatic carbocycles. The summed E-state index contributed by atoms with van der Waals surface area (Å²) in [5.41, 5.74) is -0.755. The molecule has 0 aliphatic rings. The molecule has 1 N–H and O–H groups in total. The van der Waals surface area contributed by atoms with Gasteiger partial charge in [-0.15, -0.1) is 0 Å². The fraction of sp³-hybridized carbons (Fsp3) is 0.438. The number of Topliss-reactive ketones (excluding diaryl/α,β-unsaturated/α-hetero) is 1. The van der Waals surface area contributed by atoms with Gasteiger partial charge in [0.15, 0.2) is 24.0 Å². The number of benzene rings is 1. The molecule has 1 amide bonds. The zero-order chi connectivity index (χ0) is 18.3. The van der Waals surface area contributed by atoms with Crippen LogP contribution in [0.25, 0.3) is 0 Å². The highest BCUT2D eigenvalue weighted by atomic mass is 19.2. The van der Waals surface area contributed by atoms with Crippen molar-refractivity contribution in [2.45, 2.75) is 32.8 Å². The van der Waals surface area contributed by atoms with Crippen molar-refractivity contribution in [3.63, 3.8) is 0 Å². The zero-order valence-corrected chi connectivity index (χ0v) is 13.7. The SMILES string of the molecule is CC(C)(C)OC(=O)NCCC(=O)OCC(=O)c1ccc(F)c(F)c1. The fourth-order valence-electron chi connectivity index (χ4n) is 1.55. The number of amides is 1. The predicted molar refractivity (Wildman–Crippen MR) is 80.5 cm³/mol. The van der Waals surface area contributed by atoms with Gasteiger partial charge in [-0.25, -0.2) is 13.6 Å². The summed E-state index contributed by atoms with van der Waals surface area (Å²) in [6.07, 6.45) is -0.835. The first-order chi connectivity index (χ1) is 11.1. The van der Waals surface area contributed by atoms with E-state index in [2.05, 4.69) is 5.32 Å². The Labute approximate surface area is 138 Å². The van der Waals surface area contributed by atoms with Gasteiger partial charge < -0.3 is 14.8 Å². The maximum Gasteiger partial charge on any atom is 0.407 e. The van der Waals surface area contributed by atoms with Crippen molar-refractivity contribution in [1.82, 2.24) is 5.32 Å². The Hall–Kier alpha value is -2.51. The normalized spacial score (nSPS) is 10.9. The second-order valence-corrected chi connectivity index (χ2v) is 5.89. The summed E-state index contributed by atoms with van der Waals surface area (Å²) < 4.78 is 35.5. The molecule has 0 saturated heterocycles. The first kappa shape index (κ1) is 19.5. The molecule has 6 nitrogen and oxygen atoms in total. The van der Waals surface area contributed by atoms with E-state index in [-0.39, 0.29) is 18.5 Å². The molecule has 0 aliphatic carbocycles. The third kappa shape index (κ3) is 7.17. The van der Waals surface area contributed by atoms with Crippen LogP contribution in [0.1, 0.15) is 37.6 Å². The Kier molecular flexibility index (Phi) is 6.82. The van der Waals surface area contributed by atoms with E-state index >= 15 is 0 Å². The number of nitrogens with one attached hydrogen (secondary N) is 1. The molecule has 1 aromatic rings. The zero-order valence-electron chi connectivity index (χ0n) is 13.7. The van der Waals surface area contributed by atoms with Crippen LogP contribution >= 0.6 is 0 Å². The Balaban J connectivity index is 2.32. The number of ketones is 1. The Morgan fingerprint density at radius 3 is 2.38 bits per heavy atom.